The van der Waals surface area contributed by atoms with Gasteiger partial charge in [0.2, 0.25) is 0 Å². The minimum atomic E-state index is -3.37. The minimum Gasteiger partial charge on any atom is -0.304 e. The fourth-order valence-electron chi connectivity index (χ4n) is 2.30. The molecule has 0 aliphatic heterocycles. The van der Waals surface area contributed by atoms with Crippen LogP contribution in [0.25, 0.3) is 0 Å². The van der Waals surface area contributed by atoms with Crippen LogP contribution in [0.2, 0.25) is 15.1 Å². The first-order valence-electron chi connectivity index (χ1n) is 7.63. The van der Waals surface area contributed by atoms with E-state index in [2.05, 4.69) is 15.3 Å². The van der Waals surface area contributed by atoms with Crippen molar-refractivity contribution in [1.29, 1.82) is 0 Å². The summed E-state index contributed by atoms with van der Waals surface area (Å²) in [5.74, 6) is 0. The number of nitrogens with one attached hydrogen (secondary N) is 3. The van der Waals surface area contributed by atoms with Crippen LogP contribution in [0, 0.1) is 0 Å². The molecule has 0 saturated heterocycles. The molecule has 0 bridgehead atoms. The van der Waals surface area contributed by atoms with Gasteiger partial charge in [-0.2, -0.15) is 0 Å². The molecule has 3 rings (SSSR count). The molecular weight excluding hydrogens is 412 g/mol. The van der Waals surface area contributed by atoms with E-state index in [1.807, 2.05) is 0 Å². The van der Waals surface area contributed by atoms with Crippen molar-refractivity contribution in [3.05, 3.63) is 87.9 Å². The van der Waals surface area contributed by atoms with Crippen molar-refractivity contribution in [1.82, 2.24) is 0 Å². The molecule has 4 nitrogen and oxygen atoms in total. The van der Waals surface area contributed by atoms with Gasteiger partial charge in [0.15, 0.2) is 0 Å². The highest BCUT2D eigenvalue weighted by Gasteiger charge is 2.22. The van der Waals surface area contributed by atoms with Crippen molar-refractivity contribution in [3.63, 3.8) is 0 Å². The third-order valence-corrected chi connectivity index (χ3v) is 5.76. The lowest BCUT2D eigenvalue weighted by atomic mass is 10.3. The Morgan fingerprint density at radius 2 is 0.885 bits per heavy atom. The van der Waals surface area contributed by atoms with Crippen LogP contribution in [0.1, 0.15) is 0 Å². The van der Waals surface area contributed by atoms with E-state index < -0.39 is 7.59 Å². The van der Waals surface area contributed by atoms with E-state index in [9.17, 15) is 4.57 Å². The van der Waals surface area contributed by atoms with Gasteiger partial charge in [-0.3, -0.25) is 4.57 Å². The average molecular weight is 427 g/mol. The monoisotopic (exact) mass is 425 g/mol. The van der Waals surface area contributed by atoms with E-state index in [1.165, 1.54) is 0 Å². The van der Waals surface area contributed by atoms with Gasteiger partial charge in [0.1, 0.15) is 0 Å². The van der Waals surface area contributed by atoms with Crippen molar-refractivity contribution >= 4 is 59.5 Å². The lowest BCUT2D eigenvalue weighted by molar-refractivity contribution is 0.585. The second-order valence-corrected chi connectivity index (χ2v) is 8.67. The lowest BCUT2D eigenvalue weighted by Crippen LogP contribution is -2.14. The van der Waals surface area contributed by atoms with Gasteiger partial charge in [-0.1, -0.05) is 53.0 Å². The Balaban J connectivity index is 1.92. The molecule has 0 spiro atoms. The number of halogens is 3. The van der Waals surface area contributed by atoms with Gasteiger partial charge in [-0.15, -0.1) is 0 Å². The second kappa shape index (κ2) is 8.24. The molecule has 0 heterocycles. The fraction of sp³-hybridized carbons (Fsp3) is 0. The molecule has 134 valence electrons. The van der Waals surface area contributed by atoms with Crippen LogP contribution in [-0.4, -0.2) is 0 Å². The largest absolute Gasteiger partial charge is 0.352 e. The van der Waals surface area contributed by atoms with Crippen LogP contribution < -0.4 is 15.3 Å². The second-order valence-electron chi connectivity index (χ2n) is 5.48. The van der Waals surface area contributed by atoms with Gasteiger partial charge >= 0.3 is 7.59 Å². The molecule has 0 fully saturated rings. The van der Waals surface area contributed by atoms with Crippen molar-refractivity contribution in [2.24, 2.45) is 0 Å². The van der Waals surface area contributed by atoms with Crippen molar-refractivity contribution < 1.29 is 4.57 Å². The van der Waals surface area contributed by atoms with Gasteiger partial charge in [0.25, 0.3) is 0 Å². The fourth-order valence-corrected chi connectivity index (χ4v) is 4.55. The smallest absolute Gasteiger partial charge is 0.304 e. The summed E-state index contributed by atoms with van der Waals surface area (Å²) in [4.78, 5) is 0. The molecule has 0 unspecified atom stereocenters. The molecule has 0 saturated carbocycles. The maximum atomic E-state index is 13.6. The number of rotatable bonds is 6. The molecule has 0 aromatic heterocycles. The first-order chi connectivity index (χ1) is 12.4. The number of hydrogen-bond donors (Lipinski definition) is 3. The number of anilines is 3. The first-order valence-corrected chi connectivity index (χ1v) is 10.5. The van der Waals surface area contributed by atoms with Crippen molar-refractivity contribution in [2.45, 2.75) is 0 Å². The maximum absolute atomic E-state index is 13.6. The van der Waals surface area contributed by atoms with E-state index in [0.717, 1.165) is 0 Å². The van der Waals surface area contributed by atoms with Crippen LogP contribution in [0.3, 0.4) is 0 Å². The van der Waals surface area contributed by atoms with Crippen molar-refractivity contribution in [2.75, 3.05) is 15.3 Å². The molecular formula is C18H15Cl3N3OP. The van der Waals surface area contributed by atoms with Gasteiger partial charge in [-0.25, -0.2) is 0 Å². The molecule has 0 aliphatic carbocycles. The zero-order valence-electron chi connectivity index (χ0n) is 13.4. The molecule has 0 radical (unpaired) electrons. The van der Waals surface area contributed by atoms with E-state index in [4.69, 9.17) is 34.8 Å². The Bertz CT molecular complexity index is 845. The van der Waals surface area contributed by atoms with Gasteiger partial charge in [0, 0.05) is 32.1 Å². The standard InChI is InChI=1S/C18H15Cl3N3OP/c19-13-4-1-7-16(10-13)22-26(25,23-17-8-2-5-14(20)11-17)24-18-9-3-6-15(21)12-18/h1-12H,(H3,22,23,24,25). The number of benzene rings is 3. The van der Waals surface area contributed by atoms with E-state index in [1.54, 1.807) is 72.8 Å². The van der Waals surface area contributed by atoms with Crippen LogP contribution in [0.15, 0.2) is 72.8 Å². The lowest BCUT2D eigenvalue weighted by Gasteiger charge is -2.24. The molecule has 3 aromatic rings. The molecule has 0 amide bonds. The quantitative estimate of drug-likeness (QED) is 0.360. The van der Waals surface area contributed by atoms with Crippen LogP contribution >= 0.6 is 42.4 Å². The van der Waals surface area contributed by atoms with Gasteiger partial charge in [0.05, 0.1) is 0 Å². The summed E-state index contributed by atoms with van der Waals surface area (Å²) in [5, 5.41) is 10.6. The zero-order valence-corrected chi connectivity index (χ0v) is 16.6. The van der Waals surface area contributed by atoms with E-state index >= 15 is 0 Å². The summed E-state index contributed by atoms with van der Waals surface area (Å²) in [6.07, 6.45) is 0. The Labute approximate surface area is 167 Å². The Hall–Kier alpha value is -1.84. The normalized spacial score (nSPS) is 11.0. The minimum absolute atomic E-state index is 0.534. The van der Waals surface area contributed by atoms with E-state index in [-0.39, 0.29) is 0 Å². The van der Waals surface area contributed by atoms with E-state index in [0.29, 0.717) is 32.1 Å². The number of hydrogen-bond acceptors (Lipinski definition) is 1. The molecule has 3 N–H and O–H groups in total. The highest BCUT2D eigenvalue weighted by atomic mass is 35.5. The molecule has 3 aromatic carbocycles. The Morgan fingerprint density at radius 1 is 0.577 bits per heavy atom. The zero-order chi connectivity index (χ0) is 18.6. The predicted molar refractivity (Wildman–Crippen MR) is 113 cm³/mol. The highest BCUT2D eigenvalue weighted by molar-refractivity contribution is 7.68. The molecule has 26 heavy (non-hydrogen) atoms. The molecule has 8 heteroatoms. The third-order valence-electron chi connectivity index (χ3n) is 3.33. The average Bonchev–Trinajstić information content (AvgIpc) is 2.54. The highest BCUT2D eigenvalue weighted by Crippen LogP contribution is 2.46. The summed E-state index contributed by atoms with van der Waals surface area (Å²) in [7, 11) is -3.37. The first kappa shape index (κ1) is 18.9. The predicted octanol–water partition coefficient (Wildman–Crippen LogP) is 7.39. The SMILES string of the molecule is O=P(Nc1cccc(Cl)c1)(Nc1cccc(Cl)c1)Nc1cccc(Cl)c1. The van der Waals surface area contributed by atoms with Gasteiger partial charge in [-0.05, 0) is 54.6 Å². The van der Waals surface area contributed by atoms with Crippen LogP contribution in [0.4, 0.5) is 17.1 Å². The third kappa shape index (κ3) is 5.33. The summed E-state index contributed by atoms with van der Waals surface area (Å²) in [6.45, 7) is 0. The molecule has 0 atom stereocenters. The summed E-state index contributed by atoms with van der Waals surface area (Å²) < 4.78 is 13.6. The Kier molecular flexibility index (Phi) is 6.00. The molecule has 0 aliphatic rings. The topological polar surface area (TPSA) is 53.2 Å². The summed E-state index contributed by atoms with van der Waals surface area (Å²) in [5.41, 5.74) is 1.81. The maximum Gasteiger partial charge on any atom is 0.352 e. The van der Waals surface area contributed by atoms with Crippen LogP contribution in [0.5, 0.6) is 0 Å². The Morgan fingerprint density at radius 3 is 1.15 bits per heavy atom. The van der Waals surface area contributed by atoms with Crippen LogP contribution in [-0.2, 0) is 4.57 Å². The summed E-state index contributed by atoms with van der Waals surface area (Å²) in [6, 6.07) is 20.9. The van der Waals surface area contributed by atoms with Crippen molar-refractivity contribution in [3.8, 4) is 0 Å². The van der Waals surface area contributed by atoms with Gasteiger partial charge < -0.3 is 15.3 Å². The summed E-state index contributed by atoms with van der Waals surface area (Å²) >= 11 is 18.1.